The molecule has 16 heavy (non-hydrogen) atoms. The Morgan fingerprint density at radius 1 is 1.62 bits per heavy atom. The lowest BCUT2D eigenvalue weighted by Gasteiger charge is -2.21. The van der Waals surface area contributed by atoms with Crippen molar-refractivity contribution in [1.82, 2.24) is 5.32 Å². The minimum atomic E-state index is 0.0797. The second kappa shape index (κ2) is 7.06. The van der Waals surface area contributed by atoms with Crippen LogP contribution in [-0.4, -0.2) is 31.5 Å². The van der Waals surface area contributed by atoms with Gasteiger partial charge in [-0.3, -0.25) is 0 Å². The van der Waals surface area contributed by atoms with Gasteiger partial charge in [0.05, 0.1) is 23.4 Å². The standard InChI is InChI=1S/C11H18BrNO3/c1-8(11-10(12)4-6-16-11)13-9(3-5-14)7-15-2/h4,6,8-9,13-14H,3,5,7H2,1-2H3. The van der Waals surface area contributed by atoms with Gasteiger partial charge in [0, 0.05) is 19.8 Å². The molecule has 92 valence electrons. The molecule has 0 fully saturated rings. The predicted octanol–water partition coefficient (Wildman–Crippen LogP) is 2.09. The van der Waals surface area contributed by atoms with Gasteiger partial charge in [-0.15, -0.1) is 0 Å². The van der Waals surface area contributed by atoms with Crippen LogP contribution >= 0.6 is 15.9 Å². The number of ether oxygens (including phenoxy) is 1. The van der Waals surface area contributed by atoms with Crippen LogP contribution in [0.3, 0.4) is 0 Å². The van der Waals surface area contributed by atoms with Crippen molar-refractivity contribution in [1.29, 1.82) is 0 Å². The first kappa shape index (κ1) is 13.7. The molecule has 0 amide bonds. The Labute approximate surface area is 104 Å². The van der Waals surface area contributed by atoms with E-state index in [9.17, 15) is 0 Å². The van der Waals surface area contributed by atoms with Gasteiger partial charge >= 0.3 is 0 Å². The Morgan fingerprint density at radius 2 is 2.38 bits per heavy atom. The number of methoxy groups -OCH3 is 1. The number of rotatable bonds is 7. The SMILES string of the molecule is COCC(CCO)NC(C)c1occc1Br. The van der Waals surface area contributed by atoms with Gasteiger partial charge < -0.3 is 19.6 Å². The van der Waals surface area contributed by atoms with E-state index in [0.717, 1.165) is 10.2 Å². The number of hydrogen-bond acceptors (Lipinski definition) is 4. The largest absolute Gasteiger partial charge is 0.466 e. The van der Waals surface area contributed by atoms with Crippen molar-refractivity contribution in [3.8, 4) is 0 Å². The molecule has 2 atom stereocenters. The number of nitrogens with one attached hydrogen (secondary N) is 1. The fraction of sp³-hybridized carbons (Fsp3) is 0.636. The molecular formula is C11H18BrNO3. The van der Waals surface area contributed by atoms with Crippen molar-refractivity contribution in [2.24, 2.45) is 0 Å². The summed E-state index contributed by atoms with van der Waals surface area (Å²) in [5, 5.41) is 12.3. The average molecular weight is 292 g/mol. The Kier molecular flexibility index (Phi) is 6.05. The van der Waals surface area contributed by atoms with Gasteiger partial charge in [-0.25, -0.2) is 0 Å². The van der Waals surface area contributed by atoms with E-state index in [4.69, 9.17) is 14.3 Å². The average Bonchev–Trinajstić information content (AvgIpc) is 2.65. The summed E-state index contributed by atoms with van der Waals surface area (Å²) < 4.78 is 11.4. The fourth-order valence-corrected chi connectivity index (χ4v) is 2.16. The number of aliphatic hydroxyl groups excluding tert-OH is 1. The summed E-state index contributed by atoms with van der Waals surface area (Å²) in [6.45, 7) is 2.74. The molecule has 0 saturated carbocycles. The summed E-state index contributed by atoms with van der Waals surface area (Å²) in [5.41, 5.74) is 0. The molecule has 0 spiro atoms. The molecule has 0 saturated heterocycles. The van der Waals surface area contributed by atoms with Gasteiger partial charge in [0.15, 0.2) is 0 Å². The second-order valence-electron chi connectivity index (χ2n) is 3.69. The van der Waals surface area contributed by atoms with Gasteiger partial charge in [-0.1, -0.05) is 0 Å². The highest BCUT2D eigenvalue weighted by Crippen LogP contribution is 2.24. The number of halogens is 1. The van der Waals surface area contributed by atoms with E-state index >= 15 is 0 Å². The van der Waals surface area contributed by atoms with E-state index in [1.54, 1.807) is 13.4 Å². The first-order valence-corrected chi connectivity index (χ1v) is 6.07. The highest BCUT2D eigenvalue weighted by molar-refractivity contribution is 9.10. The van der Waals surface area contributed by atoms with Gasteiger partial charge in [-0.05, 0) is 35.3 Å². The Bertz CT molecular complexity index is 297. The molecule has 0 aliphatic rings. The van der Waals surface area contributed by atoms with Crippen molar-refractivity contribution in [3.05, 3.63) is 22.6 Å². The van der Waals surface area contributed by atoms with Crippen LogP contribution in [0, 0.1) is 0 Å². The fourth-order valence-electron chi connectivity index (χ4n) is 1.62. The van der Waals surface area contributed by atoms with Crippen molar-refractivity contribution in [3.63, 3.8) is 0 Å². The topological polar surface area (TPSA) is 54.6 Å². The van der Waals surface area contributed by atoms with Gasteiger partial charge in [0.1, 0.15) is 5.76 Å². The summed E-state index contributed by atoms with van der Waals surface area (Å²) >= 11 is 3.42. The lowest BCUT2D eigenvalue weighted by atomic mass is 10.1. The Hall–Kier alpha value is -0.360. The summed E-state index contributed by atoms with van der Waals surface area (Å²) in [6, 6.07) is 2.07. The molecule has 2 unspecified atom stereocenters. The van der Waals surface area contributed by atoms with Crippen LogP contribution < -0.4 is 5.32 Å². The van der Waals surface area contributed by atoms with Gasteiger partial charge in [0.2, 0.25) is 0 Å². The van der Waals surface area contributed by atoms with E-state index in [0.29, 0.717) is 13.0 Å². The van der Waals surface area contributed by atoms with E-state index in [2.05, 4.69) is 21.2 Å². The van der Waals surface area contributed by atoms with Crippen molar-refractivity contribution < 1.29 is 14.3 Å². The smallest absolute Gasteiger partial charge is 0.134 e. The number of hydrogen-bond donors (Lipinski definition) is 2. The third-order valence-electron chi connectivity index (χ3n) is 2.37. The quantitative estimate of drug-likeness (QED) is 0.808. The molecule has 1 aromatic heterocycles. The van der Waals surface area contributed by atoms with Crippen LogP contribution in [-0.2, 0) is 4.74 Å². The Morgan fingerprint density at radius 3 is 2.88 bits per heavy atom. The zero-order valence-corrected chi connectivity index (χ0v) is 11.2. The van der Waals surface area contributed by atoms with Crippen LogP contribution in [0.25, 0.3) is 0 Å². The molecule has 0 radical (unpaired) electrons. The van der Waals surface area contributed by atoms with E-state index in [1.165, 1.54) is 0 Å². The van der Waals surface area contributed by atoms with Crippen LogP contribution in [0.15, 0.2) is 21.2 Å². The summed E-state index contributed by atoms with van der Waals surface area (Å²) in [6.07, 6.45) is 2.31. The molecule has 0 aromatic carbocycles. The minimum Gasteiger partial charge on any atom is -0.466 e. The van der Waals surface area contributed by atoms with Crippen LogP contribution in [0.1, 0.15) is 25.1 Å². The summed E-state index contributed by atoms with van der Waals surface area (Å²) in [7, 11) is 1.65. The zero-order valence-electron chi connectivity index (χ0n) is 9.57. The predicted molar refractivity (Wildman–Crippen MR) is 65.3 cm³/mol. The highest BCUT2D eigenvalue weighted by atomic mass is 79.9. The lowest BCUT2D eigenvalue weighted by Crippen LogP contribution is -2.35. The monoisotopic (exact) mass is 291 g/mol. The molecule has 0 bridgehead atoms. The summed E-state index contributed by atoms with van der Waals surface area (Å²) in [4.78, 5) is 0. The molecule has 2 N–H and O–H groups in total. The molecule has 0 aliphatic carbocycles. The third-order valence-corrected chi connectivity index (χ3v) is 3.02. The molecule has 5 heteroatoms. The number of furan rings is 1. The maximum atomic E-state index is 8.93. The molecular weight excluding hydrogens is 274 g/mol. The molecule has 0 aliphatic heterocycles. The molecule has 4 nitrogen and oxygen atoms in total. The third kappa shape index (κ3) is 3.90. The van der Waals surface area contributed by atoms with Gasteiger partial charge in [-0.2, -0.15) is 0 Å². The van der Waals surface area contributed by atoms with Crippen molar-refractivity contribution >= 4 is 15.9 Å². The van der Waals surface area contributed by atoms with E-state index in [-0.39, 0.29) is 18.7 Å². The molecule has 1 rings (SSSR count). The minimum absolute atomic E-state index is 0.0797. The highest BCUT2D eigenvalue weighted by Gasteiger charge is 2.17. The number of aliphatic hydroxyl groups is 1. The van der Waals surface area contributed by atoms with E-state index < -0.39 is 0 Å². The maximum Gasteiger partial charge on any atom is 0.134 e. The van der Waals surface area contributed by atoms with Crippen LogP contribution in [0.4, 0.5) is 0 Å². The van der Waals surface area contributed by atoms with Crippen LogP contribution in [0.2, 0.25) is 0 Å². The first-order chi connectivity index (χ1) is 7.69. The van der Waals surface area contributed by atoms with Gasteiger partial charge in [0.25, 0.3) is 0 Å². The summed E-state index contributed by atoms with van der Waals surface area (Å²) in [5.74, 6) is 0.860. The first-order valence-electron chi connectivity index (χ1n) is 5.27. The lowest BCUT2D eigenvalue weighted by molar-refractivity contribution is 0.141. The normalized spacial score (nSPS) is 15.0. The molecule has 1 heterocycles. The van der Waals surface area contributed by atoms with Crippen molar-refractivity contribution in [2.75, 3.05) is 20.3 Å². The molecule has 1 aromatic rings. The second-order valence-corrected chi connectivity index (χ2v) is 4.54. The van der Waals surface area contributed by atoms with E-state index in [1.807, 2.05) is 13.0 Å². The van der Waals surface area contributed by atoms with Crippen LogP contribution in [0.5, 0.6) is 0 Å². The Balaban J connectivity index is 2.54. The zero-order chi connectivity index (χ0) is 12.0. The maximum absolute atomic E-state index is 8.93. The van der Waals surface area contributed by atoms with Crippen molar-refractivity contribution in [2.45, 2.75) is 25.4 Å².